The van der Waals surface area contributed by atoms with E-state index < -0.39 is 11.5 Å². The second kappa shape index (κ2) is 7.97. The zero-order chi connectivity index (χ0) is 16.7. The molecule has 126 valence electrons. The van der Waals surface area contributed by atoms with Crippen LogP contribution in [0.15, 0.2) is 24.3 Å². The summed E-state index contributed by atoms with van der Waals surface area (Å²) >= 11 is 0. The molecule has 1 unspecified atom stereocenters. The Labute approximate surface area is 135 Å². The summed E-state index contributed by atoms with van der Waals surface area (Å²) in [6.45, 7) is 3.17. The number of rotatable bonds is 8. The minimum Gasteiger partial charge on any atom is -0.494 e. The molecule has 2 rings (SSSR count). The first kappa shape index (κ1) is 17.3. The Kier molecular flexibility index (Phi) is 5.98. The molecule has 1 aliphatic heterocycles. The number of carboxylic acid groups (broad SMARTS) is 1. The molecule has 6 nitrogen and oxygen atoms in total. The minimum absolute atomic E-state index is 0.113. The zero-order valence-electron chi connectivity index (χ0n) is 13.3. The summed E-state index contributed by atoms with van der Waals surface area (Å²) in [6, 6.07) is 7.74. The Hall–Kier alpha value is -2.08. The third-order valence-electron chi connectivity index (χ3n) is 3.80. The molecule has 1 aromatic rings. The van der Waals surface area contributed by atoms with Crippen LogP contribution in [0.3, 0.4) is 0 Å². The largest absolute Gasteiger partial charge is 0.494 e. The van der Waals surface area contributed by atoms with Crippen molar-refractivity contribution in [1.82, 2.24) is 5.32 Å². The molecule has 23 heavy (non-hydrogen) atoms. The van der Waals surface area contributed by atoms with Crippen molar-refractivity contribution in [1.29, 1.82) is 0 Å². The van der Waals surface area contributed by atoms with Gasteiger partial charge < -0.3 is 19.9 Å². The number of carbonyl (C=O) groups excluding carboxylic acids is 1. The lowest BCUT2D eigenvalue weighted by molar-refractivity contribution is -0.139. The van der Waals surface area contributed by atoms with E-state index in [2.05, 4.69) is 5.32 Å². The maximum absolute atomic E-state index is 12.0. The van der Waals surface area contributed by atoms with Gasteiger partial charge >= 0.3 is 5.97 Å². The van der Waals surface area contributed by atoms with Gasteiger partial charge in [0.1, 0.15) is 5.75 Å². The van der Waals surface area contributed by atoms with Crippen LogP contribution in [0.5, 0.6) is 5.75 Å². The molecule has 6 heteroatoms. The van der Waals surface area contributed by atoms with E-state index in [0.717, 1.165) is 11.3 Å². The van der Waals surface area contributed by atoms with E-state index in [9.17, 15) is 9.59 Å². The molecule has 1 heterocycles. The number of aryl methyl sites for hydroxylation is 1. The van der Waals surface area contributed by atoms with Crippen LogP contribution in [0.2, 0.25) is 0 Å². The summed E-state index contributed by atoms with van der Waals surface area (Å²) in [5.74, 6) is -0.305. The SMILES string of the molecule is Cc1cccc(OCCCC(=O)NC2(CC(=O)O)CCOC2)c1. The maximum atomic E-state index is 12.0. The third kappa shape index (κ3) is 5.56. The second-order valence-corrected chi connectivity index (χ2v) is 5.97. The highest BCUT2D eigenvalue weighted by atomic mass is 16.5. The van der Waals surface area contributed by atoms with Gasteiger partial charge in [-0.25, -0.2) is 0 Å². The fraction of sp³-hybridized carbons (Fsp3) is 0.529. The van der Waals surface area contributed by atoms with Gasteiger partial charge in [-0.2, -0.15) is 0 Å². The van der Waals surface area contributed by atoms with Gasteiger partial charge in [-0.15, -0.1) is 0 Å². The van der Waals surface area contributed by atoms with Gasteiger partial charge in [-0.3, -0.25) is 9.59 Å². The summed E-state index contributed by atoms with van der Waals surface area (Å²) in [5, 5.41) is 11.8. The second-order valence-electron chi connectivity index (χ2n) is 5.97. The smallest absolute Gasteiger partial charge is 0.305 e. The van der Waals surface area contributed by atoms with E-state index >= 15 is 0 Å². The molecule has 0 spiro atoms. The highest BCUT2D eigenvalue weighted by Gasteiger charge is 2.38. The molecular weight excluding hydrogens is 298 g/mol. The molecule has 0 aliphatic carbocycles. The maximum Gasteiger partial charge on any atom is 0.305 e. The van der Waals surface area contributed by atoms with Gasteiger partial charge in [0.2, 0.25) is 5.91 Å². The molecule has 1 saturated heterocycles. The Bertz CT molecular complexity index is 552. The number of hydrogen-bond donors (Lipinski definition) is 2. The number of carbonyl (C=O) groups is 2. The van der Waals surface area contributed by atoms with E-state index in [1.807, 2.05) is 31.2 Å². The van der Waals surface area contributed by atoms with Crippen LogP contribution < -0.4 is 10.1 Å². The first-order valence-corrected chi connectivity index (χ1v) is 7.79. The average molecular weight is 321 g/mol. The molecule has 1 amide bonds. The van der Waals surface area contributed by atoms with E-state index in [-0.39, 0.29) is 18.9 Å². The summed E-state index contributed by atoms with van der Waals surface area (Å²) in [5.41, 5.74) is 0.359. The molecule has 0 bridgehead atoms. The van der Waals surface area contributed by atoms with Crippen molar-refractivity contribution >= 4 is 11.9 Å². The normalized spacial score (nSPS) is 20.2. The van der Waals surface area contributed by atoms with Crippen LogP contribution >= 0.6 is 0 Å². The molecule has 2 N–H and O–H groups in total. The quantitative estimate of drug-likeness (QED) is 0.714. The molecular formula is C17H23NO5. The lowest BCUT2D eigenvalue weighted by Gasteiger charge is -2.27. The first-order chi connectivity index (χ1) is 11.0. The van der Waals surface area contributed by atoms with Crippen molar-refractivity contribution in [3.05, 3.63) is 29.8 Å². The lowest BCUT2D eigenvalue weighted by Crippen LogP contribution is -2.50. The van der Waals surface area contributed by atoms with Gasteiger partial charge in [0.15, 0.2) is 0 Å². The Balaban J connectivity index is 1.73. The molecule has 0 aromatic heterocycles. The van der Waals surface area contributed by atoms with Crippen molar-refractivity contribution in [2.24, 2.45) is 0 Å². The van der Waals surface area contributed by atoms with Crippen molar-refractivity contribution in [2.45, 2.75) is 38.1 Å². The molecule has 1 atom stereocenters. The van der Waals surface area contributed by atoms with Gasteiger partial charge in [-0.1, -0.05) is 12.1 Å². The Morgan fingerprint density at radius 2 is 2.26 bits per heavy atom. The van der Waals surface area contributed by atoms with Crippen molar-refractivity contribution in [3.8, 4) is 5.75 Å². The van der Waals surface area contributed by atoms with Crippen LogP contribution in [-0.4, -0.2) is 42.3 Å². The number of amides is 1. The van der Waals surface area contributed by atoms with E-state index in [1.54, 1.807) is 0 Å². The topological polar surface area (TPSA) is 84.9 Å². The minimum atomic E-state index is -0.932. The van der Waals surface area contributed by atoms with Crippen LogP contribution in [-0.2, 0) is 14.3 Å². The molecule has 0 radical (unpaired) electrons. The van der Waals surface area contributed by atoms with Crippen LogP contribution in [0, 0.1) is 6.92 Å². The van der Waals surface area contributed by atoms with Gasteiger partial charge in [0.05, 0.1) is 25.2 Å². The molecule has 1 aliphatic rings. The van der Waals surface area contributed by atoms with Crippen LogP contribution in [0.1, 0.15) is 31.2 Å². The third-order valence-corrected chi connectivity index (χ3v) is 3.80. The summed E-state index contributed by atoms with van der Waals surface area (Å²) < 4.78 is 10.9. The van der Waals surface area contributed by atoms with Crippen LogP contribution in [0.4, 0.5) is 0 Å². The van der Waals surface area contributed by atoms with E-state index in [4.69, 9.17) is 14.6 Å². The average Bonchev–Trinajstić information content (AvgIpc) is 2.91. The molecule has 0 saturated carbocycles. The number of benzene rings is 1. The van der Waals surface area contributed by atoms with Crippen molar-refractivity contribution in [2.75, 3.05) is 19.8 Å². The van der Waals surface area contributed by atoms with Gasteiger partial charge in [-0.05, 0) is 37.5 Å². The Morgan fingerprint density at radius 3 is 2.91 bits per heavy atom. The van der Waals surface area contributed by atoms with Crippen molar-refractivity contribution in [3.63, 3.8) is 0 Å². The zero-order valence-corrected chi connectivity index (χ0v) is 13.3. The number of hydrogen-bond acceptors (Lipinski definition) is 4. The highest BCUT2D eigenvalue weighted by Crippen LogP contribution is 2.23. The standard InChI is InChI=1S/C17H23NO5/c1-13-4-2-5-14(10-13)23-8-3-6-15(19)18-17(11-16(20)21)7-9-22-12-17/h2,4-5,10H,3,6-9,11-12H2,1H3,(H,18,19)(H,20,21). The number of nitrogens with one attached hydrogen (secondary N) is 1. The fourth-order valence-electron chi connectivity index (χ4n) is 2.67. The summed E-state index contributed by atoms with van der Waals surface area (Å²) in [4.78, 5) is 23.0. The van der Waals surface area contributed by atoms with E-state index in [0.29, 0.717) is 32.5 Å². The highest BCUT2D eigenvalue weighted by molar-refractivity contribution is 5.78. The first-order valence-electron chi connectivity index (χ1n) is 7.79. The monoisotopic (exact) mass is 321 g/mol. The summed E-state index contributed by atoms with van der Waals surface area (Å²) in [6.07, 6.45) is 1.29. The predicted octanol–water partition coefficient (Wildman–Crippen LogP) is 1.90. The number of ether oxygens (including phenoxy) is 2. The fourth-order valence-corrected chi connectivity index (χ4v) is 2.67. The van der Waals surface area contributed by atoms with Crippen LogP contribution in [0.25, 0.3) is 0 Å². The summed E-state index contributed by atoms with van der Waals surface area (Å²) in [7, 11) is 0. The Morgan fingerprint density at radius 1 is 1.43 bits per heavy atom. The van der Waals surface area contributed by atoms with Crippen molar-refractivity contribution < 1.29 is 24.2 Å². The van der Waals surface area contributed by atoms with Gasteiger partial charge in [0, 0.05) is 13.0 Å². The molecule has 1 aromatic carbocycles. The predicted molar refractivity (Wildman–Crippen MR) is 84.5 cm³/mol. The molecule has 1 fully saturated rings. The lowest BCUT2D eigenvalue weighted by atomic mass is 9.94. The number of aliphatic carboxylic acids is 1. The van der Waals surface area contributed by atoms with E-state index in [1.165, 1.54) is 0 Å². The number of carboxylic acids is 1. The van der Waals surface area contributed by atoms with Gasteiger partial charge in [0.25, 0.3) is 0 Å².